The molecule has 0 aliphatic carbocycles. The summed E-state index contributed by atoms with van der Waals surface area (Å²) in [4.78, 5) is 9.76. The molecule has 0 amide bonds. The van der Waals surface area contributed by atoms with Crippen molar-refractivity contribution < 1.29 is 0 Å². The average Bonchev–Trinajstić information content (AvgIpc) is 3.31. The maximum absolute atomic E-state index is 4.88. The minimum absolute atomic E-state index is 0.714. The van der Waals surface area contributed by atoms with Crippen molar-refractivity contribution in [3.05, 3.63) is 96.8 Å². The van der Waals surface area contributed by atoms with Gasteiger partial charge in [-0.25, -0.2) is 9.97 Å². The molecular weight excluding hydrogens is 332 g/mol. The van der Waals surface area contributed by atoms with Crippen LogP contribution in [0.3, 0.4) is 0 Å². The Bertz CT molecular complexity index is 1340. The maximum atomic E-state index is 4.88. The maximum Gasteiger partial charge on any atom is 0.144 e. The zero-order chi connectivity index (χ0) is 17.8. The number of pyridine rings is 2. The van der Waals surface area contributed by atoms with Gasteiger partial charge in [-0.1, -0.05) is 48.5 Å². The Kier molecular flexibility index (Phi) is 2.91. The summed E-state index contributed by atoms with van der Waals surface area (Å²) in [7, 11) is 0. The van der Waals surface area contributed by atoms with E-state index in [4.69, 9.17) is 9.97 Å². The van der Waals surface area contributed by atoms with Crippen LogP contribution in [0.25, 0.3) is 32.8 Å². The fourth-order valence-electron chi connectivity index (χ4n) is 3.88. The fraction of sp³-hybridized carbons (Fsp3) is 0.0435. The van der Waals surface area contributed by atoms with Crippen LogP contribution < -0.4 is 0 Å². The first-order valence-electron chi connectivity index (χ1n) is 9.06. The van der Waals surface area contributed by atoms with Crippen LogP contribution in [-0.4, -0.2) is 18.8 Å². The second kappa shape index (κ2) is 5.42. The van der Waals surface area contributed by atoms with Crippen molar-refractivity contribution in [1.29, 1.82) is 0 Å². The minimum atomic E-state index is 0.714. The Morgan fingerprint density at radius 2 is 1.07 bits per heavy atom. The molecule has 0 radical (unpaired) electrons. The van der Waals surface area contributed by atoms with Crippen molar-refractivity contribution in [3.63, 3.8) is 0 Å². The smallest absolute Gasteiger partial charge is 0.144 e. The summed E-state index contributed by atoms with van der Waals surface area (Å²) >= 11 is 0. The molecule has 4 nitrogen and oxygen atoms in total. The molecule has 6 rings (SSSR count). The predicted octanol–water partition coefficient (Wildman–Crippen LogP) is 4.88. The molecule has 0 aliphatic rings. The summed E-state index contributed by atoms with van der Waals surface area (Å²) < 4.78 is 4.20. The van der Waals surface area contributed by atoms with Crippen LogP contribution in [-0.2, 0) is 6.42 Å². The number of nitrogens with zero attached hydrogens (tertiary/aromatic N) is 4. The molecule has 0 fully saturated rings. The molecule has 0 atom stereocenters. The number of fused-ring (bicyclic) bond motifs is 6. The SMILES string of the molecule is c1ccc2c(c1)ccn1cc(Cc3cn4ccc5ccccc5c4n3)nc21. The summed E-state index contributed by atoms with van der Waals surface area (Å²) in [6.07, 6.45) is 9.07. The highest BCUT2D eigenvalue weighted by Crippen LogP contribution is 2.22. The van der Waals surface area contributed by atoms with Crippen molar-refractivity contribution >= 4 is 32.8 Å². The third-order valence-corrected chi connectivity index (χ3v) is 5.16. The van der Waals surface area contributed by atoms with E-state index in [9.17, 15) is 0 Å². The summed E-state index contributed by atoms with van der Waals surface area (Å²) in [6, 6.07) is 21.0. The Morgan fingerprint density at radius 1 is 0.593 bits per heavy atom. The molecule has 6 aromatic rings. The van der Waals surface area contributed by atoms with Gasteiger partial charge in [0.05, 0.1) is 11.4 Å². The number of aromatic nitrogens is 4. The lowest BCUT2D eigenvalue weighted by Crippen LogP contribution is -1.87. The quantitative estimate of drug-likeness (QED) is 0.447. The molecule has 0 unspecified atom stereocenters. The topological polar surface area (TPSA) is 34.6 Å². The summed E-state index contributed by atoms with van der Waals surface area (Å²) in [5, 5.41) is 4.77. The van der Waals surface area contributed by atoms with Gasteiger partial charge >= 0.3 is 0 Å². The van der Waals surface area contributed by atoms with Gasteiger partial charge in [0.25, 0.3) is 0 Å². The van der Waals surface area contributed by atoms with Crippen molar-refractivity contribution in [2.45, 2.75) is 6.42 Å². The highest BCUT2D eigenvalue weighted by Gasteiger charge is 2.10. The van der Waals surface area contributed by atoms with Crippen LogP contribution in [0.15, 0.2) is 85.5 Å². The standard InChI is InChI=1S/C23H16N4/c1-3-7-20-16(5-1)9-11-26-14-18(24-22(20)26)13-19-15-27-12-10-17-6-2-4-8-21(17)23(27)25-19/h1-12,14-15H,13H2. The second-order valence-corrected chi connectivity index (χ2v) is 6.91. The van der Waals surface area contributed by atoms with Gasteiger partial charge in [-0.05, 0) is 22.9 Å². The van der Waals surface area contributed by atoms with Crippen LogP contribution in [0.4, 0.5) is 0 Å². The Balaban J connectivity index is 1.47. The highest BCUT2D eigenvalue weighted by atomic mass is 15.0. The van der Waals surface area contributed by atoms with Crippen molar-refractivity contribution in [2.24, 2.45) is 0 Å². The van der Waals surface area contributed by atoms with E-state index in [1.54, 1.807) is 0 Å². The Labute approximate surface area is 155 Å². The summed E-state index contributed by atoms with van der Waals surface area (Å²) in [6.45, 7) is 0. The fourth-order valence-corrected chi connectivity index (χ4v) is 3.88. The van der Waals surface area contributed by atoms with Crippen LogP contribution in [0.1, 0.15) is 11.4 Å². The monoisotopic (exact) mass is 348 g/mol. The lowest BCUT2D eigenvalue weighted by Gasteiger charge is -1.98. The molecule has 0 saturated heterocycles. The van der Waals surface area contributed by atoms with Gasteiger partial charge in [0.15, 0.2) is 0 Å². The van der Waals surface area contributed by atoms with Gasteiger partial charge in [0.2, 0.25) is 0 Å². The van der Waals surface area contributed by atoms with Crippen molar-refractivity contribution in [2.75, 3.05) is 0 Å². The zero-order valence-corrected chi connectivity index (χ0v) is 14.6. The molecule has 4 heteroatoms. The van der Waals surface area contributed by atoms with E-state index >= 15 is 0 Å². The average molecular weight is 348 g/mol. The molecule has 0 spiro atoms. The minimum Gasteiger partial charge on any atom is -0.306 e. The van der Waals surface area contributed by atoms with Gasteiger partial charge in [-0.15, -0.1) is 0 Å². The molecule has 0 saturated carbocycles. The molecule has 0 bridgehead atoms. The highest BCUT2D eigenvalue weighted by molar-refractivity contribution is 5.94. The Hall–Kier alpha value is -3.66. The Morgan fingerprint density at radius 3 is 1.59 bits per heavy atom. The predicted molar refractivity (Wildman–Crippen MR) is 108 cm³/mol. The molecule has 4 heterocycles. The van der Waals surface area contributed by atoms with Crippen LogP contribution in [0, 0.1) is 0 Å². The van der Waals surface area contributed by atoms with E-state index in [1.165, 1.54) is 21.5 Å². The summed E-state index contributed by atoms with van der Waals surface area (Å²) in [5.74, 6) is 0. The largest absolute Gasteiger partial charge is 0.306 e. The van der Waals surface area contributed by atoms with E-state index in [2.05, 4.69) is 94.3 Å². The van der Waals surface area contributed by atoms with Gasteiger partial charge in [-0.2, -0.15) is 0 Å². The molecule has 0 N–H and O–H groups in total. The van der Waals surface area contributed by atoms with Gasteiger partial charge < -0.3 is 8.80 Å². The number of benzene rings is 2. The van der Waals surface area contributed by atoms with Crippen LogP contribution >= 0.6 is 0 Å². The van der Waals surface area contributed by atoms with E-state index in [0.717, 1.165) is 22.7 Å². The lowest BCUT2D eigenvalue weighted by atomic mass is 10.2. The summed E-state index contributed by atoms with van der Waals surface area (Å²) in [5.41, 5.74) is 4.05. The van der Waals surface area contributed by atoms with Gasteiger partial charge in [0.1, 0.15) is 11.3 Å². The van der Waals surface area contributed by atoms with Gasteiger partial charge in [-0.3, -0.25) is 0 Å². The molecular formula is C23H16N4. The first-order chi connectivity index (χ1) is 13.3. The molecule has 0 aliphatic heterocycles. The van der Waals surface area contributed by atoms with Crippen molar-refractivity contribution in [1.82, 2.24) is 18.8 Å². The van der Waals surface area contributed by atoms with E-state index < -0.39 is 0 Å². The lowest BCUT2D eigenvalue weighted by molar-refractivity contribution is 1.06. The normalized spacial score (nSPS) is 11.9. The first kappa shape index (κ1) is 14.5. The molecule has 4 aromatic heterocycles. The number of imidazole rings is 2. The third kappa shape index (κ3) is 2.23. The number of rotatable bonds is 2. The number of hydrogen-bond acceptors (Lipinski definition) is 2. The third-order valence-electron chi connectivity index (χ3n) is 5.16. The van der Waals surface area contributed by atoms with Crippen molar-refractivity contribution in [3.8, 4) is 0 Å². The van der Waals surface area contributed by atoms with E-state index in [-0.39, 0.29) is 0 Å². The first-order valence-corrected chi connectivity index (χ1v) is 9.06. The molecule has 2 aromatic carbocycles. The molecule has 128 valence electrons. The van der Waals surface area contributed by atoms with E-state index in [0.29, 0.717) is 6.42 Å². The van der Waals surface area contributed by atoms with Crippen LogP contribution in [0.2, 0.25) is 0 Å². The second-order valence-electron chi connectivity index (χ2n) is 6.91. The van der Waals surface area contributed by atoms with E-state index in [1.807, 2.05) is 0 Å². The molecule has 27 heavy (non-hydrogen) atoms. The van der Waals surface area contributed by atoms with Crippen LogP contribution in [0.5, 0.6) is 0 Å². The zero-order valence-electron chi connectivity index (χ0n) is 14.6. The number of hydrogen-bond donors (Lipinski definition) is 0. The van der Waals surface area contributed by atoms with Gasteiger partial charge in [0, 0.05) is 42.0 Å².